The summed E-state index contributed by atoms with van der Waals surface area (Å²) in [6, 6.07) is 10.7. The van der Waals surface area contributed by atoms with Crippen molar-refractivity contribution >= 4 is 5.95 Å². The third-order valence-electron chi connectivity index (χ3n) is 3.20. The highest BCUT2D eigenvalue weighted by molar-refractivity contribution is 5.33. The van der Waals surface area contributed by atoms with Gasteiger partial charge in [0.2, 0.25) is 5.95 Å². The summed E-state index contributed by atoms with van der Waals surface area (Å²) >= 11 is 0. The van der Waals surface area contributed by atoms with Gasteiger partial charge in [0.25, 0.3) is 0 Å². The molecule has 106 valence electrons. The van der Waals surface area contributed by atoms with Crippen LogP contribution in [0.5, 0.6) is 0 Å². The molecule has 0 radical (unpaired) electrons. The van der Waals surface area contributed by atoms with Crippen LogP contribution in [0.2, 0.25) is 0 Å². The average molecular weight is 270 g/mol. The minimum absolute atomic E-state index is 0.343. The van der Waals surface area contributed by atoms with E-state index in [9.17, 15) is 0 Å². The molecule has 0 fully saturated rings. The normalized spacial score (nSPS) is 10.8. The van der Waals surface area contributed by atoms with E-state index >= 15 is 0 Å². The van der Waals surface area contributed by atoms with Gasteiger partial charge in [0.05, 0.1) is 0 Å². The maximum Gasteiger partial charge on any atom is 0.225 e. The zero-order valence-electron chi connectivity index (χ0n) is 12.2. The second-order valence-electron chi connectivity index (χ2n) is 5.14. The van der Waals surface area contributed by atoms with Gasteiger partial charge in [-0.3, -0.25) is 0 Å². The molecule has 0 amide bonds. The van der Waals surface area contributed by atoms with Gasteiger partial charge >= 0.3 is 0 Å². The van der Waals surface area contributed by atoms with Crippen LogP contribution in [0.3, 0.4) is 0 Å². The predicted octanol–water partition coefficient (Wildman–Crippen LogP) is 2.39. The summed E-state index contributed by atoms with van der Waals surface area (Å²) in [5, 5.41) is 0. The van der Waals surface area contributed by atoms with Crippen LogP contribution in [0, 0.1) is 0 Å². The van der Waals surface area contributed by atoms with Crippen molar-refractivity contribution in [1.82, 2.24) is 9.97 Å². The van der Waals surface area contributed by atoms with E-state index in [2.05, 4.69) is 53.0 Å². The Morgan fingerprint density at radius 2 is 1.70 bits per heavy atom. The van der Waals surface area contributed by atoms with E-state index in [1.165, 1.54) is 5.56 Å². The molecular weight excluding hydrogens is 248 g/mol. The lowest BCUT2D eigenvalue weighted by atomic mass is 10.2. The van der Waals surface area contributed by atoms with E-state index in [0.717, 1.165) is 24.5 Å². The van der Waals surface area contributed by atoms with Crippen LogP contribution in [0.15, 0.2) is 42.7 Å². The number of rotatable bonds is 6. The number of nitrogens with zero attached hydrogens (tertiary/aromatic N) is 3. The summed E-state index contributed by atoms with van der Waals surface area (Å²) in [6.07, 6.45) is 4.56. The smallest absolute Gasteiger partial charge is 0.225 e. The molecular formula is C16H22N4. The average Bonchev–Trinajstić information content (AvgIpc) is 2.47. The second kappa shape index (κ2) is 7.01. The van der Waals surface area contributed by atoms with Crippen molar-refractivity contribution in [1.29, 1.82) is 0 Å². The fourth-order valence-corrected chi connectivity index (χ4v) is 2.06. The summed E-state index contributed by atoms with van der Waals surface area (Å²) in [4.78, 5) is 11.1. The van der Waals surface area contributed by atoms with Gasteiger partial charge in [0, 0.05) is 25.0 Å². The van der Waals surface area contributed by atoms with Gasteiger partial charge in [-0.05, 0) is 37.9 Å². The molecule has 4 heteroatoms. The quantitative estimate of drug-likeness (QED) is 0.875. The van der Waals surface area contributed by atoms with Crippen molar-refractivity contribution < 1.29 is 0 Å². The van der Waals surface area contributed by atoms with E-state index < -0.39 is 0 Å². The first kappa shape index (κ1) is 14.5. The van der Waals surface area contributed by atoms with Crippen LogP contribution >= 0.6 is 0 Å². The molecule has 2 aromatic rings. The summed E-state index contributed by atoms with van der Waals surface area (Å²) in [5.74, 6) is 0.768. The molecule has 1 aromatic heterocycles. The summed E-state index contributed by atoms with van der Waals surface area (Å²) < 4.78 is 0. The number of aromatic nitrogens is 2. The SMILES string of the molecule is CC(C)N(Cc1ccccc1)c1ncc(CCN)cn1. The maximum absolute atomic E-state index is 5.54. The number of hydrogen-bond acceptors (Lipinski definition) is 4. The molecule has 0 aliphatic rings. The Morgan fingerprint density at radius 3 is 2.25 bits per heavy atom. The highest BCUT2D eigenvalue weighted by atomic mass is 15.3. The topological polar surface area (TPSA) is 55.0 Å². The first-order valence-electron chi connectivity index (χ1n) is 7.02. The molecule has 0 aliphatic carbocycles. The molecule has 1 heterocycles. The van der Waals surface area contributed by atoms with Crippen molar-refractivity contribution in [3.05, 3.63) is 53.9 Å². The molecule has 4 nitrogen and oxygen atoms in total. The van der Waals surface area contributed by atoms with Gasteiger partial charge in [-0.1, -0.05) is 30.3 Å². The molecule has 0 saturated heterocycles. The largest absolute Gasteiger partial charge is 0.334 e. The molecule has 20 heavy (non-hydrogen) atoms. The molecule has 0 aliphatic heterocycles. The van der Waals surface area contributed by atoms with Crippen LogP contribution < -0.4 is 10.6 Å². The van der Waals surface area contributed by atoms with Crippen molar-refractivity contribution in [3.8, 4) is 0 Å². The van der Waals surface area contributed by atoms with Crippen molar-refractivity contribution in [2.75, 3.05) is 11.4 Å². The fourth-order valence-electron chi connectivity index (χ4n) is 2.06. The lowest BCUT2D eigenvalue weighted by Crippen LogP contribution is -2.31. The number of anilines is 1. The molecule has 0 atom stereocenters. The number of nitrogens with two attached hydrogens (primary N) is 1. The van der Waals surface area contributed by atoms with Gasteiger partial charge in [0.15, 0.2) is 0 Å². The summed E-state index contributed by atoms with van der Waals surface area (Å²) in [7, 11) is 0. The van der Waals surface area contributed by atoms with Crippen molar-refractivity contribution in [3.63, 3.8) is 0 Å². The molecule has 1 aromatic carbocycles. The number of hydrogen-bond donors (Lipinski definition) is 1. The van der Waals surface area contributed by atoms with Gasteiger partial charge in [0.1, 0.15) is 0 Å². The van der Waals surface area contributed by atoms with E-state index in [4.69, 9.17) is 5.73 Å². The molecule has 2 rings (SSSR count). The number of benzene rings is 1. The highest BCUT2D eigenvalue weighted by Crippen LogP contribution is 2.15. The van der Waals surface area contributed by atoms with E-state index in [-0.39, 0.29) is 0 Å². The van der Waals surface area contributed by atoms with Crippen LogP contribution in [0.25, 0.3) is 0 Å². The Labute approximate surface area is 120 Å². The Balaban J connectivity index is 2.16. The van der Waals surface area contributed by atoms with Gasteiger partial charge in [-0.2, -0.15) is 0 Å². The zero-order chi connectivity index (χ0) is 14.4. The van der Waals surface area contributed by atoms with Gasteiger partial charge in [-0.15, -0.1) is 0 Å². The summed E-state index contributed by atoms with van der Waals surface area (Å²) in [6.45, 7) is 5.75. The lowest BCUT2D eigenvalue weighted by molar-refractivity contribution is 0.659. The van der Waals surface area contributed by atoms with Crippen LogP contribution in [-0.2, 0) is 13.0 Å². The van der Waals surface area contributed by atoms with Crippen LogP contribution in [0.1, 0.15) is 25.0 Å². The van der Waals surface area contributed by atoms with Crippen molar-refractivity contribution in [2.45, 2.75) is 32.9 Å². The Morgan fingerprint density at radius 1 is 1.05 bits per heavy atom. The van der Waals surface area contributed by atoms with Crippen molar-refractivity contribution in [2.24, 2.45) is 5.73 Å². The van der Waals surface area contributed by atoms with E-state index in [1.54, 1.807) is 0 Å². The first-order chi connectivity index (χ1) is 9.70. The Hall–Kier alpha value is -1.94. The molecule has 0 bridgehead atoms. The van der Waals surface area contributed by atoms with Crippen LogP contribution in [0.4, 0.5) is 5.95 Å². The van der Waals surface area contributed by atoms with Crippen LogP contribution in [-0.4, -0.2) is 22.6 Å². The maximum atomic E-state index is 5.54. The third-order valence-corrected chi connectivity index (χ3v) is 3.20. The molecule has 0 saturated carbocycles. The lowest BCUT2D eigenvalue weighted by Gasteiger charge is -2.26. The summed E-state index contributed by atoms with van der Waals surface area (Å²) in [5.41, 5.74) is 7.89. The molecule has 0 unspecified atom stereocenters. The standard InChI is InChI=1S/C16H22N4/c1-13(2)20(12-14-6-4-3-5-7-14)16-18-10-15(8-9-17)11-19-16/h3-7,10-11,13H,8-9,12,17H2,1-2H3. The predicted molar refractivity (Wildman–Crippen MR) is 82.6 cm³/mol. The monoisotopic (exact) mass is 270 g/mol. The second-order valence-corrected chi connectivity index (χ2v) is 5.14. The Bertz CT molecular complexity index is 508. The minimum Gasteiger partial charge on any atom is -0.334 e. The molecule has 2 N–H and O–H groups in total. The minimum atomic E-state index is 0.343. The fraction of sp³-hybridized carbons (Fsp3) is 0.375. The first-order valence-corrected chi connectivity index (χ1v) is 7.02. The Kier molecular flexibility index (Phi) is 5.07. The van der Waals surface area contributed by atoms with E-state index in [1.807, 2.05) is 18.5 Å². The van der Waals surface area contributed by atoms with Gasteiger partial charge in [-0.25, -0.2) is 9.97 Å². The highest BCUT2D eigenvalue weighted by Gasteiger charge is 2.13. The zero-order valence-corrected chi connectivity index (χ0v) is 12.2. The van der Waals surface area contributed by atoms with Gasteiger partial charge < -0.3 is 10.6 Å². The molecule has 0 spiro atoms. The van der Waals surface area contributed by atoms with E-state index in [0.29, 0.717) is 12.6 Å². The third kappa shape index (κ3) is 3.78.